The highest BCUT2D eigenvalue weighted by Gasteiger charge is 2.06. The second kappa shape index (κ2) is 5.46. The Labute approximate surface area is 105 Å². The van der Waals surface area contributed by atoms with Crippen molar-refractivity contribution in [2.45, 2.75) is 26.4 Å². The van der Waals surface area contributed by atoms with Crippen LogP contribution in [-0.2, 0) is 6.54 Å². The van der Waals surface area contributed by atoms with Crippen LogP contribution in [0.4, 0.5) is 11.6 Å². The van der Waals surface area contributed by atoms with Crippen LogP contribution in [0.2, 0.25) is 0 Å². The fraction of sp³-hybridized carbons (Fsp3) is 0.364. The van der Waals surface area contributed by atoms with Gasteiger partial charge in [0.05, 0.1) is 6.33 Å². The maximum Gasteiger partial charge on any atom is 0.145 e. The number of hydrogen-bond donors (Lipinski definition) is 3. The van der Waals surface area contributed by atoms with E-state index in [1.54, 1.807) is 18.6 Å². The van der Waals surface area contributed by atoms with Crippen molar-refractivity contribution in [3.05, 3.63) is 30.6 Å². The molecule has 0 bridgehead atoms. The first-order valence-corrected chi connectivity index (χ1v) is 5.72. The molecule has 0 aromatic carbocycles. The van der Waals surface area contributed by atoms with Crippen molar-refractivity contribution >= 4 is 11.6 Å². The van der Waals surface area contributed by atoms with Crippen molar-refractivity contribution in [1.29, 1.82) is 0 Å². The monoisotopic (exact) mass is 247 g/mol. The number of hydrazine groups is 1. The molecule has 0 saturated carbocycles. The summed E-state index contributed by atoms with van der Waals surface area (Å²) >= 11 is 0. The summed E-state index contributed by atoms with van der Waals surface area (Å²) in [6.07, 6.45) is 5.48. The standard InChI is InChI=1S/C11H17N7/c1-8(6-18-4-3-13-7-18)14-10-5-11(17-12)16-9(2)15-10/h3-5,7-8H,6,12H2,1-2H3,(H2,14,15,16,17). The van der Waals surface area contributed by atoms with Crippen molar-refractivity contribution in [2.75, 3.05) is 10.7 Å². The van der Waals surface area contributed by atoms with E-state index in [2.05, 4.69) is 32.6 Å². The number of rotatable bonds is 5. The molecule has 2 aromatic rings. The van der Waals surface area contributed by atoms with E-state index in [9.17, 15) is 0 Å². The molecule has 18 heavy (non-hydrogen) atoms. The third-order valence-electron chi connectivity index (χ3n) is 2.42. The summed E-state index contributed by atoms with van der Waals surface area (Å²) in [6, 6.07) is 2.00. The van der Waals surface area contributed by atoms with Crippen molar-refractivity contribution in [3.63, 3.8) is 0 Å². The van der Waals surface area contributed by atoms with Crippen LogP contribution >= 0.6 is 0 Å². The van der Waals surface area contributed by atoms with E-state index < -0.39 is 0 Å². The average molecular weight is 247 g/mol. The molecule has 0 spiro atoms. The SMILES string of the molecule is Cc1nc(NN)cc(NC(C)Cn2ccnc2)n1. The molecule has 0 aliphatic heterocycles. The molecule has 0 saturated heterocycles. The largest absolute Gasteiger partial charge is 0.366 e. The van der Waals surface area contributed by atoms with E-state index in [0.717, 1.165) is 12.4 Å². The molecular weight excluding hydrogens is 230 g/mol. The molecule has 2 heterocycles. The van der Waals surface area contributed by atoms with Crippen molar-refractivity contribution in [2.24, 2.45) is 5.84 Å². The molecule has 0 aliphatic carbocycles. The number of anilines is 2. The minimum atomic E-state index is 0.221. The summed E-state index contributed by atoms with van der Waals surface area (Å²) in [7, 11) is 0. The number of nitrogens with zero attached hydrogens (tertiary/aromatic N) is 4. The first-order chi connectivity index (χ1) is 8.67. The predicted octanol–water partition coefficient (Wildman–Crippen LogP) is 0.768. The summed E-state index contributed by atoms with van der Waals surface area (Å²) in [6.45, 7) is 4.72. The quantitative estimate of drug-likeness (QED) is 0.533. The van der Waals surface area contributed by atoms with E-state index in [1.165, 1.54) is 0 Å². The van der Waals surface area contributed by atoms with Gasteiger partial charge in [0.1, 0.15) is 17.5 Å². The number of aromatic nitrogens is 4. The number of hydrogen-bond acceptors (Lipinski definition) is 6. The van der Waals surface area contributed by atoms with E-state index in [-0.39, 0.29) is 6.04 Å². The van der Waals surface area contributed by atoms with Gasteiger partial charge in [-0.25, -0.2) is 20.8 Å². The molecule has 1 unspecified atom stereocenters. The van der Waals surface area contributed by atoms with Crippen molar-refractivity contribution < 1.29 is 0 Å². The second-order valence-corrected chi connectivity index (χ2v) is 4.13. The van der Waals surface area contributed by atoms with Gasteiger partial charge in [0.15, 0.2) is 0 Å². The van der Waals surface area contributed by atoms with Gasteiger partial charge in [-0.3, -0.25) is 0 Å². The molecule has 0 amide bonds. The number of nitrogen functional groups attached to an aromatic ring is 1. The third-order valence-corrected chi connectivity index (χ3v) is 2.42. The lowest BCUT2D eigenvalue weighted by atomic mass is 10.3. The van der Waals surface area contributed by atoms with Crippen LogP contribution in [0.15, 0.2) is 24.8 Å². The molecule has 96 valence electrons. The summed E-state index contributed by atoms with van der Waals surface area (Å²) < 4.78 is 2.01. The fourth-order valence-electron chi connectivity index (χ4n) is 1.72. The number of aryl methyl sites for hydroxylation is 1. The van der Waals surface area contributed by atoms with Crippen LogP contribution in [0.5, 0.6) is 0 Å². The molecule has 2 aromatic heterocycles. The van der Waals surface area contributed by atoms with Crippen LogP contribution < -0.4 is 16.6 Å². The first kappa shape index (κ1) is 12.3. The maximum atomic E-state index is 5.35. The van der Waals surface area contributed by atoms with Gasteiger partial charge >= 0.3 is 0 Å². The Hall–Kier alpha value is -2.15. The van der Waals surface area contributed by atoms with Gasteiger partial charge in [-0.1, -0.05) is 0 Å². The smallest absolute Gasteiger partial charge is 0.145 e. The zero-order valence-electron chi connectivity index (χ0n) is 10.5. The Balaban J connectivity index is 2.02. The van der Waals surface area contributed by atoms with Crippen LogP contribution in [0.3, 0.4) is 0 Å². The van der Waals surface area contributed by atoms with E-state index >= 15 is 0 Å². The molecule has 0 fully saturated rings. The Bertz CT molecular complexity index is 494. The minimum absolute atomic E-state index is 0.221. The molecule has 2 rings (SSSR count). The normalized spacial score (nSPS) is 12.2. The molecule has 7 nitrogen and oxygen atoms in total. The van der Waals surface area contributed by atoms with Gasteiger partial charge in [0.25, 0.3) is 0 Å². The average Bonchev–Trinajstić information content (AvgIpc) is 2.80. The molecular formula is C11H17N7. The van der Waals surface area contributed by atoms with Gasteiger partial charge < -0.3 is 15.3 Å². The summed E-state index contributed by atoms with van der Waals surface area (Å²) in [5.41, 5.74) is 2.52. The number of nitrogens with two attached hydrogens (primary N) is 1. The molecule has 0 aliphatic rings. The number of nitrogens with one attached hydrogen (secondary N) is 2. The third kappa shape index (κ3) is 3.17. The fourth-order valence-corrected chi connectivity index (χ4v) is 1.72. The predicted molar refractivity (Wildman–Crippen MR) is 69.9 cm³/mol. The van der Waals surface area contributed by atoms with Crippen molar-refractivity contribution in [1.82, 2.24) is 19.5 Å². The van der Waals surface area contributed by atoms with Gasteiger partial charge in [-0.2, -0.15) is 0 Å². The second-order valence-electron chi connectivity index (χ2n) is 4.13. The first-order valence-electron chi connectivity index (χ1n) is 5.72. The molecule has 4 N–H and O–H groups in total. The van der Waals surface area contributed by atoms with Crippen LogP contribution in [0.1, 0.15) is 12.7 Å². The van der Waals surface area contributed by atoms with E-state index in [0.29, 0.717) is 11.6 Å². The Morgan fingerprint density at radius 2 is 2.17 bits per heavy atom. The lowest BCUT2D eigenvalue weighted by molar-refractivity contribution is 0.616. The van der Waals surface area contributed by atoms with E-state index in [4.69, 9.17) is 5.84 Å². The highest BCUT2D eigenvalue weighted by atomic mass is 15.3. The number of imidazole rings is 1. The highest BCUT2D eigenvalue weighted by molar-refractivity contribution is 5.47. The molecule has 0 radical (unpaired) electrons. The van der Waals surface area contributed by atoms with E-state index in [1.807, 2.05) is 17.7 Å². The Morgan fingerprint density at radius 3 is 2.83 bits per heavy atom. The van der Waals surface area contributed by atoms with Crippen LogP contribution in [-0.4, -0.2) is 25.6 Å². The molecule has 1 atom stereocenters. The zero-order chi connectivity index (χ0) is 13.0. The van der Waals surface area contributed by atoms with Gasteiger partial charge in [-0.15, -0.1) is 0 Å². The summed E-state index contributed by atoms with van der Waals surface area (Å²) in [4.78, 5) is 12.4. The summed E-state index contributed by atoms with van der Waals surface area (Å²) in [5.74, 6) is 7.37. The highest BCUT2D eigenvalue weighted by Crippen LogP contribution is 2.11. The minimum Gasteiger partial charge on any atom is -0.366 e. The topological polar surface area (TPSA) is 93.7 Å². The van der Waals surface area contributed by atoms with Gasteiger partial charge in [0, 0.05) is 31.0 Å². The zero-order valence-corrected chi connectivity index (χ0v) is 10.5. The summed E-state index contributed by atoms with van der Waals surface area (Å²) in [5, 5.41) is 3.30. The lowest BCUT2D eigenvalue weighted by Crippen LogP contribution is -2.22. The maximum absolute atomic E-state index is 5.35. The van der Waals surface area contributed by atoms with Gasteiger partial charge in [0.2, 0.25) is 0 Å². The van der Waals surface area contributed by atoms with Crippen LogP contribution in [0.25, 0.3) is 0 Å². The van der Waals surface area contributed by atoms with Crippen LogP contribution in [0, 0.1) is 6.92 Å². The Morgan fingerprint density at radius 1 is 1.39 bits per heavy atom. The lowest BCUT2D eigenvalue weighted by Gasteiger charge is -2.15. The van der Waals surface area contributed by atoms with Gasteiger partial charge in [-0.05, 0) is 13.8 Å². The Kier molecular flexibility index (Phi) is 3.73. The molecule has 7 heteroatoms. The van der Waals surface area contributed by atoms with Crippen molar-refractivity contribution in [3.8, 4) is 0 Å².